The molecule has 2 aromatic rings. The fourth-order valence-electron chi connectivity index (χ4n) is 1.60. The smallest absolute Gasteiger partial charge is 0.450 e. The van der Waals surface area contributed by atoms with Gasteiger partial charge in [-0.3, -0.25) is 4.79 Å². The quantitative estimate of drug-likeness (QED) is 0.598. The van der Waals surface area contributed by atoms with Crippen LogP contribution in [0.4, 0.5) is 22.0 Å². The van der Waals surface area contributed by atoms with E-state index in [9.17, 15) is 26.7 Å². The molecule has 1 heterocycles. The minimum Gasteiger partial charge on any atom is -0.450 e. The van der Waals surface area contributed by atoms with E-state index in [0.717, 1.165) is 18.2 Å². The maximum absolute atomic E-state index is 13.5. The lowest BCUT2D eigenvalue weighted by atomic mass is 10.1. The van der Waals surface area contributed by atoms with Gasteiger partial charge in [0.05, 0.1) is 11.1 Å². The van der Waals surface area contributed by atoms with Crippen molar-refractivity contribution in [1.82, 2.24) is 0 Å². The standard InChI is InChI=1S/C12H4ClF5O2/c13-11(19)5-4-8(20-10(5)12(16,17)18)9-6(14)2-1-3-7(9)15/h1-4H. The van der Waals surface area contributed by atoms with Crippen molar-refractivity contribution in [1.29, 1.82) is 0 Å². The molecule has 1 aromatic carbocycles. The first kappa shape index (κ1) is 14.5. The fraction of sp³-hybridized carbons (Fsp3) is 0.0833. The molecule has 2 rings (SSSR count). The SMILES string of the molecule is O=C(Cl)c1cc(-c2c(F)cccc2F)oc1C(F)(F)F. The van der Waals surface area contributed by atoms with Gasteiger partial charge < -0.3 is 4.42 Å². The van der Waals surface area contributed by atoms with Gasteiger partial charge in [0.1, 0.15) is 17.4 Å². The summed E-state index contributed by atoms with van der Waals surface area (Å²) in [5, 5.41) is -1.44. The molecule has 0 saturated carbocycles. The van der Waals surface area contributed by atoms with Crippen molar-refractivity contribution in [3.8, 4) is 11.3 Å². The Hall–Kier alpha value is -1.89. The van der Waals surface area contributed by atoms with Crippen molar-refractivity contribution in [2.75, 3.05) is 0 Å². The molecule has 0 amide bonds. The Kier molecular flexibility index (Phi) is 3.56. The number of alkyl halides is 3. The molecule has 0 bridgehead atoms. The van der Waals surface area contributed by atoms with Crippen molar-refractivity contribution in [2.45, 2.75) is 6.18 Å². The fourth-order valence-corrected chi connectivity index (χ4v) is 1.74. The molecule has 0 aliphatic rings. The lowest BCUT2D eigenvalue weighted by Crippen LogP contribution is -2.07. The lowest BCUT2D eigenvalue weighted by Gasteiger charge is -2.04. The molecule has 0 unspecified atom stereocenters. The zero-order chi connectivity index (χ0) is 15.1. The normalized spacial score (nSPS) is 11.7. The lowest BCUT2D eigenvalue weighted by molar-refractivity contribution is -0.153. The highest BCUT2D eigenvalue weighted by atomic mass is 35.5. The van der Waals surface area contributed by atoms with Crippen LogP contribution in [0.15, 0.2) is 28.7 Å². The molecule has 0 radical (unpaired) electrons. The summed E-state index contributed by atoms with van der Waals surface area (Å²) in [6.45, 7) is 0. The second kappa shape index (κ2) is 4.90. The number of halogens is 6. The molecule has 0 aliphatic carbocycles. The van der Waals surface area contributed by atoms with Crippen LogP contribution < -0.4 is 0 Å². The maximum atomic E-state index is 13.5. The van der Waals surface area contributed by atoms with Crippen LogP contribution in [0.3, 0.4) is 0 Å². The highest BCUT2D eigenvalue weighted by molar-refractivity contribution is 6.68. The minimum absolute atomic E-state index is 0.555. The molecule has 0 N–H and O–H groups in total. The zero-order valence-corrected chi connectivity index (χ0v) is 10.1. The number of carbonyl (C=O) groups is 1. The molecular weight excluding hydrogens is 307 g/mol. The van der Waals surface area contributed by atoms with Crippen LogP contribution in [-0.2, 0) is 6.18 Å². The average Bonchev–Trinajstić information content (AvgIpc) is 2.73. The van der Waals surface area contributed by atoms with Gasteiger partial charge in [-0.1, -0.05) is 6.07 Å². The first-order chi connectivity index (χ1) is 9.21. The summed E-state index contributed by atoms with van der Waals surface area (Å²) in [6.07, 6.45) is -5.01. The van der Waals surface area contributed by atoms with E-state index in [4.69, 9.17) is 11.6 Å². The van der Waals surface area contributed by atoms with Gasteiger partial charge in [0.2, 0.25) is 5.76 Å². The number of hydrogen-bond donors (Lipinski definition) is 0. The van der Waals surface area contributed by atoms with Gasteiger partial charge in [0.15, 0.2) is 0 Å². The van der Waals surface area contributed by atoms with E-state index in [1.54, 1.807) is 0 Å². The van der Waals surface area contributed by atoms with Crippen molar-refractivity contribution >= 4 is 16.8 Å². The third-order valence-electron chi connectivity index (χ3n) is 2.41. The van der Waals surface area contributed by atoms with Crippen LogP contribution in [0, 0.1) is 11.6 Å². The predicted octanol–water partition coefficient (Wildman–Crippen LogP) is 4.62. The van der Waals surface area contributed by atoms with E-state index in [0.29, 0.717) is 6.07 Å². The molecular formula is C12H4ClF5O2. The Balaban J connectivity index is 2.69. The van der Waals surface area contributed by atoms with Gasteiger partial charge in [-0.2, -0.15) is 13.2 Å². The maximum Gasteiger partial charge on any atom is 0.450 e. The summed E-state index contributed by atoms with van der Waals surface area (Å²) in [7, 11) is 0. The third-order valence-corrected chi connectivity index (χ3v) is 2.61. The van der Waals surface area contributed by atoms with Gasteiger partial charge in [0, 0.05) is 0 Å². The summed E-state index contributed by atoms with van der Waals surface area (Å²) >= 11 is 5.01. The van der Waals surface area contributed by atoms with E-state index in [1.165, 1.54) is 0 Å². The number of hydrogen-bond acceptors (Lipinski definition) is 2. The number of rotatable bonds is 2. The number of benzene rings is 1. The summed E-state index contributed by atoms with van der Waals surface area (Å²) in [6, 6.07) is 3.28. The molecule has 8 heteroatoms. The summed E-state index contributed by atoms with van der Waals surface area (Å²) < 4.78 is 69.3. The molecule has 2 nitrogen and oxygen atoms in total. The van der Waals surface area contributed by atoms with E-state index in [1.807, 2.05) is 0 Å². The van der Waals surface area contributed by atoms with Crippen molar-refractivity contribution in [2.24, 2.45) is 0 Å². The van der Waals surface area contributed by atoms with Gasteiger partial charge >= 0.3 is 6.18 Å². The Labute approximate surface area is 113 Å². The molecule has 1 aromatic heterocycles. The van der Waals surface area contributed by atoms with Crippen LogP contribution in [0.1, 0.15) is 16.1 Å². The van der Waals surface area contributed by atoms with Crippen LogP contribution in [-0.4, -0.2) is 5.24 Å². The highest BCUT2D eigenvalue weighted by Crippen LogP contribution is 2.38. The van der Waals surface area contributed by atoms with Crippen molar-refractivity contribution in [3.63, 3.8) is 0 Å². The summed E-state index contributed by atoms with van der Waals surface area (Å²) in [4.78, 5) is 10.9. The van der Waals surface area contributed by atoms with Crippen LogP contribution in [0.25, 0.3) is 11.3 Å². The van der Waals surface area contributed by atoms with Crippen LogP contribution in [0.5, 0.6) is 0 Å². The molecule has 106 valence electrons. The van der Waals surface area contributed by atoms with Crippen LogP contribution >= 0.6 is 11.6 Å². The largest absolute Gasteiger partial charge is 0.450 e. The second-order valence-corrected chi connectivity index (χ2v) is 4.06. The predicted molar refractivity (Wildman–Crippen MR) is 59.2 cm³/mol. The second-order valence-electron chi connectivity index (χ2n) is 3.72. The Bertz CT molecular complexity index is 655. The first-order valence-corrected chi connectivity index (χ1v) is 5.45. The van der Waals surface area contributed by atoms with Crippen LogP contribution in [0.2, 0.25) is 0 Å². The number of carbonyl (C=O) groups excluding carboxylic acids is 1. The van der Waals surface area contributed by atoms with Gasteiger partial charge in [-0.25, -0.2) is 8.78 Å². The summed E-state index contributed by atoms with van der Waals surface area (Å²) in [5.41, 5.74) is -1.81. The zero-order valence-electron chi connectivity index (χ0n) is 9.39. The highest BCUT2D eigenvalue weighted by Gasteiger charge is 2.40. The molecule has 0 saturated heterocycles. The topological polar surface area (TPSA) is 30.2 Å². The average molecular weight is 311 g/mol. The first-order valence-electron chi connectivity index (χ1n) is 5.07. The molecule has 0 atom stereocenters. The molecule has 20 heavy (non-hydrogen) atoms. The van der Waals surface area contributed by atoms with Crippen molar-refractivity contribution in [3.05, 3.63) is 47.2 Å². The van der Waals surface area contributed by atoms with Crippen molar-refractivity contribution < 1.29 is 31.2 Å². The Morgan fingerprint density at radius 1 is 1.15 bits per heavy atom. The molecule has 0 aliphatic heterocycles. The van der Waals surface area contributed by atoms with Gasteiger partial charge in [0.25, 0.3) is 5.24 Å². The summed E-state index contributed by atoms with van der Waals surface area (Å²) in [5.74, 6) is -4.71. The number of furan rings is 1. The van der Waals surface area contributed by atoms with E-state index >= 15 is 0 Å². The van der Waals surface area contributed by atoms with E-state index in [2.05, 4.69) is 4.42 Å². The minimum atomic E-state index is -5.01. The van der Waals surface area contributed by atoms with Gasteiger partial charge in [-0.05, 0) is 29.8 Å². The van der Waals surface area contributed by atoms with E-state index < -0.39 is 45.7 Å². The monoisotopic (exact) mass is 310 g/mol. The van der Waals surface area contributed by atoms with E-state index in [-0.39, 0.29) is 0 Å². The molecule has 0 fully saturated rings. The Morgan fingerprint density at radius 2 is 1.70 bits per heavy atom. The third kappa shape index (κ3) is 2.53. The molecule has 0 spiro atoms. The van der Waals surface area contributed by atoms with Gasteiger partial charge in [-0.15, -0.1) is 0 Å². The Morgan fingerprint density at radius 3 is 2.10 bits per heavy atom.